The van der Waals surface area contributed by atoms with Gasteiger partial charge in [0, 0.05) is 37.8 Å². The highest BCUT2D eigenvalue weighted by Gasteiger charge is 2.30. The summed E-state index contributed by atoms with van der Waals surface area (Å²) in [5.74, 6) is 0. The second kappa shape index (κ2) is 5.56. The Morgan fingerprint density at radius 2 is 1.59 bits per heavy atom. The maximum absolute atomic E-state index is 12.8. The van der Waals surface area contributed by atoms with Crippen molar-refractivity contribution in [1.82, 2.24) is 4.31 Å². The van der Waals surface area contributed by atoms with Crippen LogP contribution in [-0.2, 0) is 10.0 Å². The Hall–Kier alpha value is -1.59. The van der Waals surface area contributed by atoms with Crippen LogP contribution in [0.4, 0.5) is 5.69 Å². The van der Waals surface area contributed by atoms with Gasteiger partial charge in [-0.15, -0.1) is 0 Å². The van der Waals surface area contributed by atoms with Crippen molar-refractivity contribution in [2.75, 3.05) is 26.0 Å². The van der Waals surface area contributed by atoms with E-state index in [2.05, 4.69) is 0 Å². The summed E-state index contributed by atoms with van der Waals surface area (Å²) < 4.78 is 26.9. The van der Waals surface area contributed by atoms with E-state index >= 15 is 0 Å². The van der Waals surface area contributed by atoms with E-state index in [0.717, 1.165) is 16.5 Å². The van der Waals surface area contributed by atoms with Crippen molar-refractivity contribution < 1.29 is 8.42 Å². The molecule has 0 aliphatic heterocycles. The summed E-state index contributed by atoms with van der Waals surface area (Å²) >= 11 is 0. The minimum absolute atomic E-state index is 0.327. The molecule has 4 nitrogen and oxygen atoms in total. The second-order valence-electron chi connectivity index (χ2n) is 6.70. The highest BCUT2D eigenvalue weighted by atomic mass is 32.2. The van der Waals surface area contributed by atoms with Crippen molar-refractivity contribution in [3.63, 3.8) is 0 Å². The average molecular weight is 320 g/mol. The molecule has 0 amide bonds. The predicted octanol–water partition coefficient (Wildman–Crippen LogP) is 3.32. The zero-order chi connectivity index (χ0) is 16.7. The molecule has 0 spiro atoms. The molecular formula is C17H24N2O2S. The summed E-state index contributed by atoms with van der Waals surface area (Å²) in [7, 11) is 2.08. The Labute approximate surface area is 133 Å². The van der Waals surface area contributed by atoms with Crippen LogP contribution >= 0.6 is 0 Å². The topological polar surface area (TPSA) is 40.6 Å². The predicted molar refractivity (Wildman–Crippen MR) is 93.0 cm³/mol. The van der Waals surface area contributed by atoms with E-state index in [9.17, 15) is 8.42 Å². The van der Waals surface area contributed by atoms with E-state index in [4.69, 9.17) is 0 Å². The quantitative estimate of drug-likeness (QED) is 0.871. The van der Waals surface area contributed by atoms with Gasteiger partial charge in [-0.05, 0) is 44.4 Å². The van der Waals surface area contributed by atoms with Gasteiger partial charge in [-0.1, -0.05) is 18.2 Å². The molecule has 0 N–H and O–H groups in total. The summed E-state index contributed by atoms with van der Waals surface area (Å²) in [4.78, 5) is 2.35. The first-order chi connectivity index (χ1) is 10.0. The van der Waals surface area contributed by atoms with Gasteiger partial charge in [0.2, 0.25) is 10.0 Å². The largest absolute Gasteiger partial charge is 0.377 e. The molecule has 0 aliphatic rings. The molecule has 22 heavy (non-hydrogen) atoms. The molecule has 0 aromatic heterocycles. The van der Waals surface area contributed by atoms with Crippen molar-refractivity contribution in [3.05, 3.63) is 36.4 Å². The van der Waals surface area contributed by atoms with Crippen molar-refractivity contribution in [3.8, 4) is 0 Å². The maximum Gasteiger partial charge on any atom is 0.243 e. The fourth-order valence-corrected chi connectivity index (χ4v) is 3.87. The third-order valence-corrected chi connectivity index (χ3v) is 6.03. The number of benzene rings is 2. The van der Waals surface area contributed by atoms with Gasteiger partial charge < -0.3 is 4.90 Å². The number of hydrogen-bond donors (Lipinski definition) is 0. The van der Waals surface area contributed by atoms with Gasteiger partial charge in [-0.25, -0.2) is 8.42 Å². The molecule has 5 heteroatoms. The molecule has 0 heterocycles. The molecule has 0 unspecified atom stereocenters. The van der Waals surface area contributed by atoms with E-state index in [1.54, 1.807) is 19.2 Å². The Balaban J connectivity index is 2.60. The molecular weight excluding hydrogens is 296 g/mol. The first-order valence-corrected chi connectivity index (χ1v) is 8.68. The highest BCUT2D eigenvalue weighted by Crippen LogP contribution is 2.29. The maximum atomic E-state index is 12.8. The van der Waals surface area contributed by atoms with Gasteiger partial charge in [0.15, 0.2) is 0 Å². The molecule has 0 saturated heterocycles. The Morgan fingerprint density at radius 3 is 2.14 bits per heavy atom. The third-order valence-electron chi connectivity index (χ3n) is 3.91. The normalized spacial score (nSPS) is 12.9. The van der Waals surface area contributed by atoms with Gasteiger partial charge in [-0.3, -0.25) is 0 Å². The monoisotopic (exact) mass is 320 g/mol. The molecule has 0 radical (unpaired) electrons. The van der Waals surface area contributed by atoms with E-state index < -0.39 is 15.6 Å². The van der Waals surface area contributed by atoms with Crippen molar-refractivity contribution in [1.29, 1.82) is 0 Å². The molecule has 2 aromatic carbocycles. The lowest BCUT2D eigenvalue weighted by molar-refractivity contribution is 0.292. The van der Waals surface area contributed by atoms with Gasteiger partial charge in [0.1, 0.15) is 0 Å². The number of rotatable bonds is 3. The standard InChI is InChI=1S/C17H24N2O2S/c1-17(2,3)19(6)22(20,21)14-10-11-15-13(12-14)8-7-9-16(15)18(4)5/h7-12H,1-6H3. The van der Waals surface area contributed by atoms with Crippen molar-refractivity contribution in [2.45, 2.75) is 31.2 Å². The van der Waals surface area contributed by atoms with E-state index in [1.165, 1.54) is 4.31 Å². The summed E-state index contributed by atoms with van der Waals surface area (Å²) in [6, 6.07) is 11.2. The summed E-state index contributed by atoms with van der Waals surface area (Å²) in [5, 5.41) is 1.97. The van der Waals surface area contributed by atoms with Crippen LogP contribution in [0.2, 0.25) is 0 Å². The smallest absolute Gasteiger partial charge is 0.243 e. The van der Waals surface area contributed by atoms with Crippen LogP contribution in [0.25, 0.3) is 10.8 Å². The summed E-state index contributed by atoms with van der Waals surface area (Å²) in [6.45, 7) is 5.65. The van der Waals surface area contributed by atoms with Crippen LogP contribution < -0.4 is 4.90 Å². The van der Waals surface area contributed by atoms with Gasteiger partial charge in [0.05, 0.1) is 4.90 Å². The Morgan fingerprint density at radius 1 is 0.955 bits per heavy atom. The van der Waals surface area contributed by atoms with Crippen LogP contribution in [0.1, 0.15) is 20.8 Å². The number of nitrogens with zero attached hydrogens (tertiary/aromatic N) is 2. The number of hydrogen-bond acceptors (Lipinski definition) is 3. The number of anilines is 1. The van der Waals surface area contributed by atoms with E-state index in [1.807, 2.05) is 64.0 Å². The number of fused-ring (bicyclic) bond motifs is 1. The van der Waals surface area contributed by atoms with E-state index in [-0.39, 0.29) is 0 Å². The SMILES string of the molecule is CN(C)c1cccc2cc(S(=O)(=O)N(C)C(C)(C)C)ccc12. The molecule has 0 aliphatic carbocycles. The summed E-state index contributed by atoms with van der Waals surface area (Å²) in [6.07, 6.45) is 0. The lowest BCUT2D eigenvalue weighted by Crippen LogP contribution is -2.42. The van der Waals surface area contributed by atoms with Crippen molar-refractivity contribution >= 4 is 26.5 Å². The molecule has 0 bridgehead atoms. The molecule has 2 rings (SSSR count). The third kappa shape index (κ3) is 2.96. The van der Waals surface area contributed by atoms with Gasteiger partial charge in [0.25, 0.3) is 0 Å². The first-order valence-electron chi connectivity index (χ1n) is 7.24. The molecule has 0 saturated carbocycles. The van der Waals surface area contributed by atoms with Crippen LogP contribution in [0.3, 0.4) is 0 Å². The van der Waals surface area contributed by atoms with Crippen LogP contribution in [-0.4, -0.2) is 39.4 Å². The second-order valence-corrected chi connectivity index (χ2v) is 8.67. The van der Waals surface area contributed by atoms with Gasteiger partial charge in [-0.2, -0.15) is 4.31 Å². The van der Waals surface area contributed by atoms with Crippen LogP contribution in [0.5, 0.6) is 0 Å². The molecule has 120 valence electrons. The Kier molecular flexibility index (Phi) is 4.24. The fraction of sp³-hybridized carbons (Fsp3) is 0.412. The minimum atomic E-state index is -3.50. The molecule has 0 fully saturated rings. The lowest BCUT2D eigenvalue weighted by Gasteiger charge is -2.31. The average Bonchev–Trinajstić information content (AvgIpc) is 2.43. The molecule has 2 aromatic rings. The van der Waals surface area contributed by atoms with Gasteiger partial charge >= 0.3 is 0 Å². The first kappa shape index (κ1) is 16.8. The zero-order valence-electron chi connectivity index (χ0n) is 14.1. The molecule has 0 atom stereocenters. The highest BCUT2D eigenvalue weighted by molar-refractivity contribution is 7.89. The lowest BCUT2D eigenvalue weighted by atomic mass is 10.1. The zero-order valence-corrected chi connectivity index (χ0v) is 14.9. The minimum Gasteiger partial charge on any atom is -0.377 e. The number of sulfonamides is 1. The summed E-state index contributed by atoms with van der Waals surface area (Å²) in [5.41, 5.74) is 0.616. The van der Waals surface area contributed by atoms with Crippen molar-refractivity contribution in [2.24, 2.45) is 0 Å². The van der Waals surface area contributed by atoms with E-state index in [0.29, 0.717) is 4.90 Å². The fourth-order valence-electron chi connectivity index (χ4n) is 2.31. The van der Waals surface area contributed by atoms with Crippen LogP contribution in [0.15, 0.2) is 41.3 Å². The Bertz CT molecular complexity index is 790. The van der Waals surface area contributed by atoms with Crippen LogP contribution in [0, 0.1) is 0 Å².